The monoisotopic (exact) mass is 363 g/mol. The molecule has 1 amide bonds. The number of amides is 1. The normalized spacial score (nSPS) is 16.7. The van der Waals surface area contributed by atoms with Crippen LogP contribution >= 0.6 is 0 Å². The lowest BCUT2D eigenvalue weighted by Gasteiger charge is -2.31. The molecular weight excluding hydrogens is 342 g/mol. The van der Waals surface area contributed by atoms with Crippen LogP contribution in [-0.2, 0) is 21.2 Å². The minimum Gasteiger partial charge on any atom is -0.361 e. The lowest BCUT2D eigenvalue weighted by atomic mass is 10.1. The maximum atomic E-state index is 12.6. The summed E-state index contributed by atoms with van der Waals surface area (Å²) in [4.78, 5) is 12.4. The van der Waals surface area contributed by atoms with E-state index < -0.39 is 10.0 Å². The second kappa shape index (κ2) is 7.37. The lowest BCUT2D eigenvalue weighted by molar-refractivity contribution is -0.121. The van der Waals surface area contributed by atoms with Crippen LogP contribution in [0.5, 0.6) is 0 Å². The zero-order valence-corrected chi connectivity index (χ0v) is 14.8. The predicted octanol–water partition coefficient (Wildman–Crippen LogP) is 1.50. The second-order valence-electron chi connectivity index (χ2n) is 6.17. The third-order valence-corrected chi connectivity index (χ3v) is 6.12. The van der Waals surface area contributed by atoms with Crippen molar-refractivity contribution in [2.45, 2.75) is 37.1 Å². The lowest BCUT2D eigenvalue weighted by Crippen LogP contribution is -2.46. The van der Waals surface area contributed by atoms with Crippen molar-refractivity contribution < 1.29 is 17.7 Å². The number of carbonyl (C=O) groups is 1. The molecule has 1 aromatic carbocycles. The number of nitrogens with one attached hydrogen (secondary N) is 1. The zero-order chi connectivity index (χ0) is 17.9. The highest BCUT2D eigenvalue weighted by atomic mass is 32.2. The van der Waals surface area contributed by atoms with Crippen LogP contribution in [0.1, 0.15) is 24.3 Å². The topological polar surface area (TPSA) is 92.5 Å². The van der Waals surface area contributed by atoms with Crippen molar-refractivity contribution in [1.29, 1.82) is 0 Å². The summed E-state index contributed by atoms with van der Waals surface area (Å²) in [6.45, 7) is 2.58. The molecular formula is C17H21N3O4S. The van der Waals surface area contributed by atoms with Crippen LogP contribution in [0, 0.1) is 6.92 Å². The molecule has 2 aromatic rings. The van der Waals surface area contributed by atoms with Crippen molar-refractivity contribution in [3.8, 4) is 0 Å². The number of rotatable bonds is 5. The summed E-state index contributed by atoms with van der Waals surface area (Å²) in [5.41, 5.74) is 0.738. The van der Waals surface area contributed by atoms with E-state index in [0.29, 0.717) is 36.6 Å². The number of benzene rings is 1. The molecule has 134 valence electrons. The van der Waals surface area contributed by atoms with Crippen molar-refractivity contribution in [3.05, 3.63) is 47.9 Å². The molecule has 1 aliphatic heterocycles. The average Bonchev–Trinajstić information content (AvgIpc) is 3.01. The van der Waals surface area contributed by atoms with Gasteiger partial charge in [-0.15, -0.1) is 0 Å². The Labute approximate surface area is 147 Å². The molecule has 1 aliphatic rings. The number of hydrogen-bond acceptors (Lipinski definition) is 5. The van der Waals surface area contributed by atoms with Gasteiger partial charge in [0.05, 0.1) is 17.0 Å². The number of hydrogen-bond donors (Lipinski definition) is 1. The number of aryl methyl sites for hydroxylation is 1. The van der Waals surface area contributed by atoms with Crippen LogP contribution in [0.2, 0.25) is 0 Å². The third-order valence-electron chi connectivity index (χ3n) is 4.21. The summed E-state index contributed by atoms with van der Waals surface area (Å²) in [6.07, 6.45) is 1.32. The van der Waals surface area contributed by atoms with E-state index in [9.17, 15) is 13.2 Å². The van der Waals surface area contributed by atoms with Crippen molar-refractivity contribution in [2.24, 2.45) is 0 Å². The van der Waals surface area contributed by atoms with Crippen LogP contribution in [0.3, 0.4) is 0 Å². The molecule has 1 fully saturated rings. The minimum atomic E-state index is -3.46. The first-order valence-electron chi connectivity index (χ1n) is 8.22. The Morgan fingerprint density at radius 1 is 1.28 bits per heavy atom. The van der Waals surface area contributed by atoms with Gasteiger partial charge in [-0.25, -0.2) is 8.42 Å². The smallest absolute Gasteiger partial charge is 0.243 e. The standard InChI is InChI=1S/C17H21N3O4S/c1-13-11-15(24-19-13)12-17(21)18-14-7-9-20(10-8-14)25(22,23)16-5-3-2-4-6-16/h2-6,11,14H,7-10,12H2,1H3,(H,18,21). The Morgan fingerprint density at radius 2 is 1.96 bits per heavy atom. The second-order valence-corrected chi connectivity index (χ2v) is 8.11. The van der Waals surface area contributed by atoms with Gasteiger partial charge in [0.1, 0.15) is 5.76 Å². The van der Waals surface area contributed by atoms with Gasteiger partial charge in [-0.05, 0) is 31.9 Å². The van der Waals surface area contributed by atoms with Gasteiger partial charge >= 0.3 is 0 Å². The molecule has 3 rings (SSSR count). The van der Waals surface area contributed by atoms with Gasteiger partial charge in [0, 0.05) is 25.2 Å². The number of sulfonamides is 1. The van der Waals surface area contributed by atoms with Crippen molar-refractivity contribution in [1.82, 2.24) is 14.8 Å². The molecule has 0 atom stereocenters. The Kier molecular flexibility index (Phi) is 5.19. The summed E-state index contributed by atoms with van der Waals surface area (Å²) in [6, 6.07) is 10.1. The van der Waals surface area contributed by atoms with E-state index in [4.69, 9.17) is 4.52 Å². The summed E-state index contributed by atoms with van der Waals surface area (Å²) < 4.78 is 31.7. The zero-order valence-electron chi connectivity index (χ0n) is 14.0. The Balaban J connectivity index is 1.52. The fourth-order valence-electron chi connectivity index (χ4n) is 2.92. The molecule has 1 saturated heterocycles. The molecule has 0 saturated carbocycles. The highest BCUT2D eigenvalue weighted by Gasteiger charge is 2.29. The maximum Gasteiger partial charge on any atom is 0.243 e. The fraction of sp³-hybridized carbons (Fsp3) is 0.412. The van der Waals surface area contributed by atoms with Crippen molar-refractivity contribution >= 4 is 15.9 Å². The number of nitrogens with zero attached hydrogens (tertiary/aromatic N) is 2. The molecule has 8 heteroatoms. The van der Waals surface area contributed by atoms with Gasteiger partial charge in [0.25, 0.3) is 0 Å². The summed E-state index contributed by atoms with van der Waals surface area (Å²) in [7, 11) is -3.46. The Hall–Kier alpha value is -2.19. The molecule has 0 radical (unpaired) electrons. The van der Waals surface area contributed by atoms with Gasteiger partial charge in [-0.2, -0.15) is 4.31 Å². The molecule has 7 nitrogen and oxygen atoms in total. The van der Waals surface area contributed by atoms with Crippen LogP contribution in [-0.4, -0.2) is 42.9 Å². The van der Waals surface area contributed by atoms with Crippen LogP contribution < -0.4 is 5.32 Å². The first-order chi connectivity index (χ1) is 11.9. The van der Waals surface area contributed by atoms with E-state index in [0.717, 1.165) is 5.69 Å². The molecule has 1 N–H and O–H groups in total. The van der Waals surface area contributed by atoms with Crippen molar-refractivity contribution in [3.63, 3.8) is 0 Å². The van der Waals surface area contributed by atoms with Crippen LogP contribution in [0.4, 0.5) is 0 Å². The quantitative estimate of drug-likeness (QED) is 0.869. The Bertz CT molecular complexity index is 825. The van der Waals surface area contributed by atoms with Gasteiger partial charge in [0.15, 0.2) is 0 Å². The molecule has 0 spiro atoms. The highest BCUT2D eigenvalue weighted by molar-refractivity contribution is 7.89. The Morgan fingerprint density at radius 3 is 2.56 bits per heavy atom. The predicted molar refractivity (Wildman–Crippen MR) is 91.3 cm³/mol. The highest BCUT2D eigenvalue weighted by Crippen LogP contribution is 2.20. The molecule has 0 aliphatic carbocycles. The van der Waals surface area contributed by atoms with E-state index in [2.05, 4.69) is 10.5 Å². The SMILES string of the molecule is Cc1cc(CC(=O)NC2CCN(S(=O)(=O)c3ccccc3)CC2)on1. The first-order valence-corrected chi connectivity index (χ1v) is 9.66. The fourth-order valence-corrected chi connectivity index (χ4v) is 4.41. The number of piperidine rings is 1. The van der Waals surface area contributed by atoms with Crippen molar-refractivity contribution in [2.75, 3.05) is 13.1 Å². The largest absolute Gasteiger partial charge is 0.361 e. The van der Waals surface area contributed by atoms with Crippen LogP contribution in [0.25, 0.3) is 0 Å². The number of carbonyl (C=O) groups excluding carboxylic acids is 1. The van der Waals surface area contributed by atoms with E-state index in [-0.39, 0.29) is 18.4 Å². The van der Waals surface area contributed by atoms with E-state index in [1.54, 1.807) is 43.3 Å². The summed E-state index contributed by atoms with van der Waals surface area (Å²) >= 11 is 0. The van der Waals surface area contributed by atoms with Crippen LogP contribution in [0.15, 0.2) is 45.8 Å². The maximum absolute atomic E-state index is 12.6. The number of aromatic nitrogens is 1. The molecule has 0 bridgehead atoms. The van der Waals surface area contributed by atoms with Gasteiger partial charge in [0.2, 0.25) is 15.9 Å². The van der Waals surface area contributed by atoms with Gasteiger partial charge < -0.3 is 9.84 Å². The summed E-state index contributed by atoms with van der Waals surface area (Å²) in [5, 5.41) is 6.69. The first kappa shape index (κ1) is 17.6. The molecule has 1 aromatic heterocycles. The van der Waals surface area contributed by atoms with Gasteiger partial charge in [-0.3, -0.25) is 4.79 Å². The van der Waals surface area contributed by atoms with E-state index in [1.165, 1.54) is 4.31 Å². The van der Waals surface area contributed by atoms with E-state index in [1.807, 2.05) is 0 Å². The third kappa shape index (κ3) is 4.26. The van der Waals surface area contributed by atoms with Gasteiger partial charge in [-0.1, -0.05) is 23.4 Å². The average molecular weight is 363 g/mol. The minimum absolute atomic E-state index is 0.0289. The van der Waals surface area contributed by atoms with E-state index >= 15 is 0 Å². The molecule has 25 heavy (non-hydrogen) atoms. The summed E-state index contributed by atoms with van der Waals surface area (Å²) in [5.74, 6) is 0.389. The molecule has 0 unspecified atom stereocenters. The molecule has 2 heterocycles.